The highest BCUT2D eigenvalue weighted by atomic mass is 32.2. The van der Waals surface area contributed by atoms with Crippen molar-refractivity contribution in [3.8, 4) is 0 Å². The summed E-state index contributed by atoms with van der Waals surface area (Å²) in [6, 6.07) is 11.3. The standard InChI is InChI=1S/C13H16N2O2S2/c1-10(11-5-3-2-4-6-11)8-15-19(16,17)13-7-12(14)9-18-13/h2-7,9-10,15H,8,14H2,1H3. The molecule has 0 saturated carbocycles. The van der Waals surface area contributed by atoms with Gasteiger partial charge in [-0.3, -0.25) is 0 Å². The maximum Gasteiger partial charge on any atom is 0.250 e. The summed E-state index contributed by atoms with van der Waals surface area (Å²) in [4.78, 5) is 0. The molecule has 1 heterocycles. The molecule has 0 spiro atoms. The SMILES string of the molecule is CC(CNS(=O)(=O)c1cc(N)cs1)c1ccccc1. The van der Waals surface area contributed by atoms with Gasteiger partial charge in [-0.25, -0.2) is 13.1 Å². The summed E-state index contributed by atoms with van der Waals surface area (Å²) in [5.74, 6) is 0.119. The van der Waals surface area contributed by atoms with Gasteiger partial charge in [0.2, 0.25) is 10.0 Å². The van der Waals surface area contributed by atoms with Crippen LogP contribution in [0.3, 0.4) is 0 Å². The molecular formula is C13H16N2O2S2. The van der Waals surface area contributed by atoms with Crippen LogP contribution in [0.4, 0.5) is 5.69 Å². The van der Waals surface area contributed by atoms with Gasteiger partial charge in [0.05, 0.1) is 0 Å². The number of hydrogen-bond donors (Lipinski definition) is 2. The molecule has 0 aliphatic rings. The zero-order valence-corrected chi connectivity index (χ0v) is 12.2. The first-order valence-electron chi connectivity index (χ1n) is 5.87. The molecule has 0 bridgehead atoms. The van der Waals surface area contributed by atoms with E-state index in [9.17, 15) is 8.42 Å². The van der Waals surface area contributed by atoms with Crippen molar-refractivity contribution in [3.05, 3.63) is 47.3 Å². The highest BCUT2D eigenvalue weighted by molar-refractivity contribution is 7.91. The minimum Gasteiger partial charge on any atom is -0.398 e. The van der Waals surface area contributed by atoms with Crippen molar-refractivity contribution < 1.29 is 8.42 Å². The third kappa shape index (κ3) is 3.56. The fraction of sp³-hybridized carbons (Fsp3) is 0.231. The van der Waals surface area contributed by atoms with Crippen LogP contribution in [0.5, 0.6) is 0 Å². The summed E-state index contributed by atoms with van der Waals surface area (Å²) in [7, 11) is -3.45. The summed E-state index contributed by atoms with van der Waals surface area (Å²) in [6.07, 6.45) is 0. The van der Waals surface area contributed by atoms with E-state index < -0.39 is 10.0 Å². The molecule has 4 nitrogen and oxygen atoms in total. The Morgan fingerprint density at radius 1 is 1.32 bits per heavy atom. The van der Waals surface area contributed by atoms with E-state index in [4.69, 9.17) is 5.73 Å². The molecule has 3 N–H and O–H groups in total. The molecule has 0 amide bonds. The number of rotatable bonds is 5. The maximum absolute atomic E-state index is 12.0. The lowest BCUT2D eigenvalue weighted by Gasteiger charge is -2.12. The van der Waals surface area contributed by atoms with Crippen LogP contribution in [0.15, 0.2) is 46.0 Å². The zero-order valence-electron chi connectivity index (χ0n) is 10.5. The molecule has 1 unspecified atom stereocenters. The highest BCUT2D eigenvalue weighted by Gasteiger charge is 2.17. The van der Waals surface area contributed by atoms with E-state index in [1.165, 1.54) is 6.07 Å². The Balaban J connectivity index is 2.03. The molecule has 1 aromatic carbocycles. The molecular weight excluding hydrogens is 280 g/mol. The summed E-state index contributed by atoms with van der Waals surface area (Å²) in [6.45, 7) is 2.35. The van der Waals surface area contributed by atoms with Gasteiger partial charge in [0.1, 0.15) is 4.21 Å². The number of sulfonamides is 1. The van der Waals surface area contributed by atoms with Gasteiger partial charge in [0.15, 0.2) is 0 Å². The predicted molar refractivity (Wildman–Crippen MR) is 78.8 cm³/mol. The summed E-state index contributed by atoms with van der Waals surface area (Å²) in [5, 5.41) is 1.62. The Hall–Kier alpha value is -1.37. The molecule has 2 rings (SSSR count). The van der Waals surface area contributed by atoms with E-state index in [0.29, 0.717) is 12.2 Å². The lowest BCUT2D eigenvalue weighted by atomic mass is 10.0. The van der Waals surface area contributed by atoms with Gasteiger partial charge in [-0.1, -0.05) is 37.3 Å². The van der Waals surface area contributed by atoms with Crippen LogP contribution in [0.2, 0.25) is 0 Å². The minimum atomic E-state index is -3.45. The van der Waals surface area contributed by atoms with Crippen LogP contribution in [0.25, 0.3) is 0 Å². The van der Waals surface area contributed by atoms with Crippen LogP contribution < -0.4 is 10.5 Å². The number of benzene rings is 1. The van der Waals surface area contributed by atoms with E-state index in [1.807, 2.05) is 37.3 Å². The van der Waals surface area contributed by atoms with Gasteiger partial charge in [0.25, 0.3) is 0 Å². The smallest absolute Gasteiger partial charge is 0.250 e. The summed E-state index contributed by atoms with van der Waals surface area (Å²) < 4.78 is 26.9. The molecule has 0 aliphatic carbocycles. The van der Waals surface area contributed by atoms with Gasteiger partial charge in [-0.05, 0) is 17.5 Å². The molecule has 102 valence electrons. The van der Waals surface area contributed by atoms with Crippen molar-refractivity contribution in [2.45, 2.75) is 17.1 Å². The van der Waals surface area contributed by atoms with Gasteiger partial charge in [0, 0.05) is 17.6 Å². The highest BCUT2D eigenvalue weighted by Crippen LogP contribution is 2.22. The molecule has 0 radical (unpaired) electrons. The summed E-state index contributed by atoms with van der Waals surface area (Å²) >= 11 is 1.13. The molecule has 1 aromatic heterocycles. The van der Waals surface area contributed by atoms with Crippen LogP contribution >= 0.6 is 11.3 Å². The maximum atomic E-state index is 12.0. The fourth-order valence-corrected chi connectivity index (χ4v) is 3.93. The Morgan fingerprint density at radius 2 is 2.00 bits per heavy atom. The van der Waals surface area contributed by atoms with Crippen LogP contribution in [0, 0.1) is 0 Å². The first-order chi connectivity index (χ1) is 8.99. The number of anilines is 1. The number of nitrogen functional groups attached to an aromatic ring is 1. The number of nitrogens with one attached hydrogen (secondary N) is 1. The fourth-order valence-electron chi connectivity index (χ4n) is 1.68. The molecule has 1 atom stereocenters. The summed E-state index contributed by atoms with van der Waals surface area (Å²) in [5.41, 5.74) is 7.12. The van der Waals surface area contributed by atoms with Crippen molar-refractivity contribution in [1.82, 2.24) is 4.72 Å². The monoisotopic (exact) mass is 296 g/mol. The average Bonchev–Trinajstić information content (AvgIpc) is 2.85. The van der Waals surface area contributed by atoms with Crippen molar-refractivity contribution in [1.29, 1.82) is 0 Å². The van der Waals surface area contributed by atoms with Crippen molar-refractivity contribution >= 4 is 27.0 Å². The normalized spacial score (nSPS) is 13.3. The second-order valence-electron chi connectivity index (χ2n) is 4.36. The Morgan fingerprint density at radius 3 is 2.58 bits per heavy atom. The third-order valence-electron chi connectivity index (χ3n) is 2.81. The molecule has 2 aromatic rings. The van der Waals surface area contributed by atoms with E-state index >= 15 is 0 Å². The molecule has 0 saturated heterocycles. The molecule has 19 heavy (non-hydrogen) atoms. The van der Waals surface area contributed by atoms with E-state index in [1.54, 1.807) is 5.38 Å². The molecule has 0 aliphatic heterocycles. The van der Waals surface area contributed by atoms with Gasteiger partial charge >= 0.3 is 0 Å². The van der Waals surface area contributed by atoms with Crippen molar-refractivity contribution in [2.24, 2.45) is 0 Å². The van der Waals surface area contributed by atoms with Gasteiger partial charge < -0.3 is 5.73 Å². The Bertz CT molecular complexity index is 636. The quantitative estimate of drug-likeness (QED) is 0.890. The zero-order chi connectivity index (χ0) is 13.9. The van der Waals surface area contributed by atoms with Crippen molar-refractivity contribution in [3.63, 3.8) is 0 Å². The predicted octanol–water partition coefficient (Wildman–Crippen LogP) is 2.41. The van der Waals surface area contributed by atoms with Crippen LogP contribution in [-0.4, -0.2) is 15.0 Å². The average molecular weight is 296 g/mol. The largest absolute Gasteiger partial charge is 0.398 e. The van der Waals surface area contributed by atoms with Crippen LogP contribution in [-0.2, 0) is 10.0 Å². The topological polar surface area (TPSA) is 72.2 Å². The Kier molecular flexibility index (Phi) is 4.24. The van der Waals surface area contributed by atoms with Crippen LogP contribution in [0.1, 0.15) is 18.4 Å². The van der Waals surface area contributed by atoms with Gasteiger partial charge in [-0.2, -0.15) is 0 Å². The lowest BCUT2D eigenvalue weighted by Crippen LogP contribution is -2.27. The number of hydrogen-bond acceptors (Lipinski definition) is 4. The second kappa shape index (κ2) is 5.73. The van der Waals surface area contributed by atoms with E-state index in [-0.39, 0.29) is 10.1 Å². The van der Waals surface area contributed by atoms with E-state index in [0.717, 1.165) is 16.9 Å². The first kappa shape index (κ1) is 14.0. The first-order valence-corrected chi connectivity index (χ1v) is 8.24. The minimum absolute atomic E-state index is 0.119. The lowest BCUT2D eigenvalue weighted by molar-refractivity contribution is 0.577. The number of thiophene rings is 1. The second-order valence-corrected chi connectivity index (χ2v) is 7.27. The molecule has 6 heteroatoms. The van der Waals surface area contributed by atoms with Crippen molar-refractivity contribution in [2.75, 3.05) is 12.3 Å². The van der Waals surface area contributed by atoms with Gasteiger partial charge in [-0.15, -0.1) is 11.3 Å². The number of nitrogens with two attached hydrogens (primary N) is 1. The third-order valence-corrected chi connectivity index (χ3v) is 5.69. The molecule has 0 fully saturated rings. The van der Waals surface area contributed by atoms with E-state index in [2.05, 4.69) is 4.72 Å². The Labute approximate surface area is 117 Å².